The van der Waals surface area contributed by atoms with Gasteiger partial charge in [0.25, 0.3) is 0 Å². The lowest BCUT2D eigenvalue weighted by Gasteiger charge is -2.24. The van der Waals surface area contributed by atoms with E-state index in [9.17, 15) is 19.2 Å². The molecule has 4 N–H and O–H groups in total. The van der Waals surface area contributed by atoms with Crippen molar-refractivity contribution in [1.29, 1.82) is 0 Å². The van der Waals surface area contributed by atoms with Crippen LogP contribution in [0.5, 0.6) is 0 Å². The largest absolute Gasteiger partial charge is 0.453 e. The number of ether oxygens (including phenoxy) is 1. The summed E-state index contributed by atoms with van der Waals surface area (Å²) in [7, 11) is 1.26. The van der Waals surface area contributed by atoms with E-state index >= 15 is 0 Å². The Morgan fingerprint density at radius 2 is 1.60 bits per heavy atom. The first-order valence-electron chi connectivity index (χ1n) is 16.9. The predicted octanol–water partition coefficient (Wildman–Crippen LogP) is 5.77. The van der Waals surface area contributed by atoms with Crippen LogP contribution in [0.1, 0.15) is 58.3 Å². The number of thiophene rings is 1. The highest BCUT2D eigenvalue weighted by atomic mass is 32.1. The van der Waals surface area contributed by atoms with Crippen molar-refractivity contribution in [3.63, 3.8) is 0 Å². The number of alkyl carbamates (subject to hydrolysis) is 1. The quantitative estimate of drug-likeness (QED) is 0.109. The van der Waals surface area contributed by atoms with Gasteiger partial charge in [-0.05, 0) is 37.5 Å². The number of H-pyrrole nitrogens is 1. The molecule has 0 radical (unpaired) electrons. The van der Waals surface area contributed by atoms with Crippen molar-refractivity contribution in [2.24, 2.45) is 0 Å². The summed E-state index contributed by atoms with van der Waals surface area (Å²) in [5.74, 6) is 0.136. The van der Waals surface area contributed by atoms with Crippen LogP contribution in [-0.2, 0) is 25.7 Å². The van der Waals surface area contributed by atoms with E-state index < -0.39 is 6.09 Å². The summed E-state index contributed by atoms with van der Waals surface area (Å²) >= 11 is 1.70. The summed E-state index contributed by atoms with van der Waals surface area (Å²) in [4.78, 5) is 59.9. The van der Waals surface area contributed by atoms with Gasteiger partial charge in [-0.25, -0.2) is 9.78 Å². The molecule has 0 aliphatic heterocycles. The molecular weight excluding hydrogens is 655 g/mol. The Kier molecular flexibility index (Phi) is 13.6. The number of nitrogens with zero attached hydrogens (tertiary/aromatic N) is 3. The molecule has 0 spiro atoms. The molecule has 0 saturated carbocycles. The first-order valence-corrected chi connectivity index (χ1v) is 17.7. The molecule has 0 fully saturated rings. The van der Waals surface area contributed by atoms with Crippen LogP contribution in [0.25, 0.3) is 37.1 Å². The maximum absolute atomic E-state index is 12.8. The molecule has 0 saturated heterocycles. The van der Waals surface area contributed by atoms with E-state index in [0.717, 1.165) is 55.5 Å². The first kappa shape index (κ1) is 37.6. The fourth-order valence-electron chi connectivity index (χ4n) is 5.52. The summed E-state index contributed by atoms with van der Waals surface area (Å²) < 4.78 is 6.83. The normalized spacial score (nSPS) is 11.3. The van der Waals surface area contributed by atoms with Gasteiger partial charge in [0.1, 0.15) is 12.4 Å². The summed E-state index contributed by atoms with van der Waals surface area (Å²) in [5.41, 5.74) is 4.40. The van der Waals surface area contributed by atoms with Gasteiger partial charge in [0.2, 0.25) is 17.7 Å². The van der Waals surface area contributed by atoms with E-state index in [-0.39, 0.29) is 30.8 Å². The van der Waals surface area contributed by atoms with Gasteiger partial charge in [0, 0.05) is 56.6 Å². The second kappa shape index (κ2) is 18.0. The highest BCUT2D eigenvalue weighted by molar-refractivity contribution is 7.25. The maximum atomic E-state index is 12.8. The van der Waals surface area contributed by atoms with Crippen molar-refractivity contribution in [2.45, 2.75) is 53.5 Å². The standard InChI is InChI=1S/C37H47N7O5S/c1-7-15-43(35(46)20-39-34(45)10-4)22-24(5)41-29(9-3)25-11-13-27-28-14-12-26(18-32(28)50-31(27)17-25)30-19-38-33(42-30)23-44(16-8-2)36(47)21-40-37(48)49-6/h9,11-14,17-19,41H,5,7-8,10,15-16,20-23H2,1-4,6H3,(H,38,42)(H,39,45)(H,40,48)/b29-9-. The van der Waals surface area contributed by atoms with Crippen molar-refractivity contribution in [3.8, 4) is 11.3 Å². The number of carbonyl (C=O) groups is 4. The number of benzene rings is 2. The van der Waals surface area contributed by atoms with E-state index in [2.05, 4.69) is 73.6 Å². The Morgan fingerprint density at radius 3 is 2.28 bits per heavy atom. The van der Waals surface area contributed by atoms with Crippen LogP contribution < -0.4 is 16.0 Å². The molecule has 0 atom stereocenters. The molecule has 4 aromatic rings. The molecule has 2 aromatic carbocycles. The van der Waals surface area contributed by atoms with Gasteiger partial charge >= 0.3 is 6.09 Å². The third kappa shape index (κ3) is 9.71. The Morgan fingerprint density at radius 1 is 0.940 bits per heavy atom. The van der Waals surface area contributed by atoms with Gasteiger partial charge in [-0.1, -0.05) is 57.7 Å². The number of aromatic nitrogens is 2. The molecule has 0 unspecified atom stereocenters. The molecule has 4 rings (SSSR count). The smallest absolute Gasteiger partial charge is 0.407 e. The van der Waals surface area contributed by atoms with Gasteiger partial charge in [-0.2, -0.15) is 0 Å². The Hall–Kier alpha value is -5.17. The lowest BCUT2D eigenvalue weighted by atomic mass is 10.1. The number of methoxy groups -OCH3 is 1. The molecule has 2 heterocycles. The minimum absolute atomic E-state index is 0.0292. The summed E-state index contributed by atoms with van der Waals surface area (Å²) in [6.45, 7) is 13.4. The number of hydrogen-bond acceptors (Lipinski definition) is 8. The summed E-state index contributed by atoms with van der Waals surface area (Å²) in [6.07, 6.45) is 5.01. The lowest BCUT2D eigenvalue weighted by molar-refractivity contribution is -0.132. The zero-order valence-corrected chi connectivity index (χ0v) is 30.3. The number of hydrogen-bond donors (Lipinski definition) is 4. The van der Waals surface area contributed by atoms with Gasteiger partial charge < -0.3 is 35.5 Å². The molecule has 0 bridgehead atoms. The molecule has 0 aliphatic carbocycles. The van der Waals surface area contributed by atoms with Crippen molar-refractivity contribution in [2.75, 3.05) is 39.8 Å². The van der Waals surface area contributed by atoms with E-state index in [1.807, 2.05) is 26.8 Å². The second-order valence-corrected chi connectivity index (χ2v) is 12.9. The van der Waals surface area contributed by atoms with Crippen LogP contribution in [-0.4, -0.2) is 83.4 Å². The molecular formula is C37H47N7O5S. The minimum atomic E-state index is -0.650. The van der Waals surface area contributed by atoms with Crippen molar-refractivity contribution in [1.82, 2.24) is 35.7 Å². The van der Waals surface area contributed by atoms with Crippen LogP contribution in [0.15, 0.2) is 60.9 Å². The number of amides is 4. The highest BCUT2D eigenvalue weighted by Crippen LogP contribution is 2.37. The van der Waals surface area contributed by atoms with E-state index in [0.29, 0.717) is 44.1 Å². The van der Waals surface area contributed by atoms with Crippen molar-refractivity contribution >= 4 is 61.0 Å². The van der Waals surface area contributed by atoms with E-state index in [1.165, 1.54) is 7.11 Å². The molecule has 266 valence electrons. The monoisotopic (exact) mass is 701 g/mol. The van der Waals surface area contributed by atoms with Crippen molar-refractivity contribution < 1.29 is 23.9 Å². The molecule has 50 heavy (non-hydrogen) atoms. The topological polar surface area (TPSA) is 149 Å². The Balaban J connectivity index is 1.47. The van der Waals surface area contributed by atoms with Crippen LogP contribution in [0.4, 0.5) is 4.79 Å². The fourth-order valence-corrected chi connectivity index (χ4v) is 6.70. The number of fused-ring (bicyclic) bond motifs is 3. The maximum Gasteiger partial charge on any atom is 0.407 e. The van der Waals surface area contributed by atoms with E-state index in [1.54, 1.807) is 34.3 Å². The van der Waals surface area contributed by atoms with Gasteiger partial charge in [-0.3, -0.25) is 14.4 Å². The SMILES string of the molecule is C=C(CN(CCC)C(=O)CNC(=O)CC)N/C(=C\C)c1ccc2c(c1)sc1cc(-c3cnc(CN(CCC)C(=O)CNC(=O)OC)[nH]3)ccc12. The third-order valence-electron chi connectivity index (χ3n) is 8.07. The summed E-state index contributed by atoms with van der Waals surface area (Å²) in [6, 6.07) is 12.7. The average Bonchev–Trinajstić information content (AvgIpc) is 3.74. The average molecular weight is 702 g/mol. The zero-order valence-electron chi connectivity index (χ0n) is 29.5. The molecule has 0 aliphatic rings. The number of rotatable bonds is 17. The Bertz CT molecular complexity index is 1880. The number of imidazole rings is 1. The van der Waals surface area contributed by atoms with Crippen molar-refractivity contribution in [3.05, 3.63) is 72.3 Å². The second-order valence-electron chi connectivity index (χ2n) is 11.8. The van der Waals surface area contributed by atoms with Gasteiger partial charge in [0.15, 0.2) is 0 Å². The van der Waals surface area contributed by atoms with Gasteiger partial charge in [0.05, 0.1) is 38.6 Å². The number of aromatic amines is 1. The van der Waals surface area contributed by atoms with Gasteiger partial charge in [-0.15, -0.1) is 11.3 Å². The molecule has 12 nitrogen and oxygen atoms in total. The van der Waals surface area contributed by atoms with Crippen LogP contribution in [0.2, 0.25) is 0 Å². The Labute approximate surface area is 296 Å². The first-order chi connectivity index (χ1) is 24.1. The summed E-state index contributed by atoms with van der Waals surface area (Å²) in [5, 5.41) is 10.8. The number of nitrogens with one attached hydrogen (secondary N) is 4. The third-order valence-corrected chi connectivity index (χ3v) is 9.18. The van der Waals surface area contributed by atoms with Crippen LogP contribution in [0.3, 0.4) is 0 Å². The molecule has 2 aromatic heterocycles. The van der Waals surface area contributed by atoms with E-state index in [4.69, 9.17) is 0 Å². The fraction of sp³-hybridized carbons (Fsp3) is 0.378. The lowest BCUT2D eigenvalue weighted by Crippen LogP contribution is -2.42. The predicted molar refractivity (Wildman–Crippen MR) is 199 cm³/mol. The highest BCUT2D eigenvalue weighted by Gasteiger charge is 2.18. The van der Waals surface area contributed by atoms with Crippen LogP contribution >= 0.6 is 11.3 Å². The number of allylic oxidation sites excluding steroid dienone is 1. The van der Waals surface area contributed by atoms with Crippen LogP contribution in [0, 0.1) is 0 Å². The zero-order chi connectivity index (χ0) is 36.2. The minimum Gasteiger partial charge on any atom is -0.453 e. The molecule has 4 amide bonds. The molecule has 13 heteroatoms. The number of carbonyl (C=O) groups excluding carboxylic acids is 4.